The molecule has 0 aliphatic carbocycles. The molecule has 1 atom stereocenters. The predicted octanol–water partition coefficient (Wildman–Crippen LogP) is 3.71. The van der Waals surface area contributed by atoms with Crippen LogP contribution in [0.4, 0.5) is 5.13 Å². The molecular formula is C14H24ClN3S. The maximum Gasteiger partial charge on any atom is 0.180 e. The highest BCUT2D eigenvalue weighted by Gasteiger charge is 2.36. The van der Waals surface area contributed by atoms with Crippen molar-refractivity contribution >= 4 is 28.9 Å². The molecule has 19 heavy (non-hydrogen) atoms. The Morgan fingerprint density at radius 3 is 2.95 bits per heavy atom. The van der Waals surface area contributed by atoms with Crippen LogP contribution in [0.2, 0.25) is 0 Å². The number of nitrogens with two attached hydrogens (primary N) is 1. The normalized spacial score (nSPS) is 22.7. The molecule has 3 nitrogen and oxygen atoms in total. The summed E-state index contributed by atoms with van der Waals surface area (Å²) in [7, 11) is 0. The molecule has 1 unspecified atom stereocenters. The number of aromatic nitrogens is 1. The van der Waals surface area contributed by atoms with Crippen molar-refractivity contribution in [3.63, 3.8) is 0 Å². The number of anilines is 1. The second-order valence-electron chi connectivity index (χ2n) is 5.77. The highest BCUT2D eigenvalue weighted by molar-refractivity contribution is 7.15. The van der Waals surface area contributed by atoms with Crippen LogP contribution in [0, 0.1) is 5.41 Å². The summed E-state index contributed by atoms with van der Waals surface area (Å²) in [4.78, 5) is 7.97. The zero-order chi connectivity index (χ0) is 13.2. The summed E-state index contributed by atoms with van der Waals surface area (Å²) in [5.74, 6) is 0. The maximum absolute atomic E-state index is 5.70. The second kappa shape index (κ2) is 6.73. The molecule has 1 aliphatic heterocycles. The van der Waals surface area contributed by atoms with Gasteiger partial charge in [0.1, 0.15) is 0 Å². The molecule has 0 bridgehead atoms. The molecule has 0 saturated carbocycles. The number of likely N-dealkylation sites (tertiary alicyclic amines) is 1. The minimum atomic E-state index is 0. The van der Waals surface area contributed by atoms with Gasteiger partial charge in [0.05, 0.1) is 0 Å². The lowest BCUT2D eigenvalue weighted by Crippen LogP contribution is -2.48. The lowest BCUT2D eigenvalue weighted by Gasteiger charge is -2.46. The van der Waals surface area contributed by atoms with Gasteiger partial charge < -0.3 is 5.73 Å². The molecule has 0 aromatic carbocycles. The van der Waals surface area contributed by atoms with Crippen LogP contribution in [0.15, 0.2) is 18.9 Å². The van der Waals surface area contributed by atoms with Crippen molar-refractivity contribution in [1.82, 2.24) is 9.88 Å². The van der Waals surface area contributed by atoms with Crippen LogP contribution in [0.1, 0.15) is 38.0 Å². The Morgan fingerprint density at radius 1 is 1.63 bits per heavy atom. The number of halogens is 1. The van der Waals surface area contributed by atoms with Crippen LogP contribution >= 0.6 is 23.7 Å². The first-order chi connectivity index (χ1) is 8.53. The van der Waals surface area contributed by atoms with Crippen LogP contribution in [-0.2, 0) is 6.54 Å². The van der Waals surface area contributed by atoms with Crippen molar-refractivity contribution in [2.24, 2.45) is 5.41 Å². The molecule has 1 aliphatic rings. The van der Waals surface area contributed by atoms with Crippen molar-refractivity contribution < 1.29 is 0 Å². The molecule has 108 valence electrons. The average Bonchev–Trinajstić information content (AvgIpc) is 2.69. The van der Waals surface area contributed by atoms with Crippen LogP contribution < -0.4 is 5.73 Å². The van der Waals surface area contributed by atoms with Crippen molar-refractivity contribution in [1.29, 1.82) is 0 Å². The number of rotatable bonds is 4. The number of nitrogen functional groups attached to an aromatic ring is 1. The topological polar surface area (TPSA) is 42.2 Å². The van der Waals surface area contributed by atoms with E-state index in [1.165, 1.54) is 24.3 Å². The molecule has 0 spiro atoms. The van der Waals surface area contributed by atoms with E-state index in [0.717, 1.165) is 13.0 Å². The van der Waals surface area contributed by atoms with Gasteiger partial charge in [0.25, 0.3) is 0 Å². The molecule has 1 aromatic heterocycles. The van der Waals surface area contributed by atoms with E-state index in [4.69, 9.17) is 5.73 Å². The van der Waals surface area contributed by atoms with Gasteiger partial charge in [0.15, 0.2) is 5.13 Å². The molecule has 5 heteroatoms. The summed E-state index contributed by atoms with van der Waals surface area (Å²) in [5.41, 5.74) is 6.07. The molecule has 1 saturated heterocycles. The Labute approximate surface area is 126 Å². The Hall–Kier alpha value is -0.580. The fraction of sp³-hybridized carbons (Fsp3) is 0.643. The first kappa shape index (κ1) is 16.5. The van der Waals surface area contributed by atoms with Gasteiger partial charge in [-0.2, -0.15) is 0 Å². The van der Waals surface area contributed by atoms with Gasteiger partial charge >= 0.3 is 0 Å². The number of nitrogens with zero attached hydrogens (tertiary/aromatic N) is 2. The van der Waals surface area contributed by atoms with E-state index >= 15 is 0 Å². The monoisotopic (exact) mass is 301 g/mol. The summed E-state index contributed by atoms with van der Waals surface area (Å²) in [6.45, 7) is 10.8. The van der Waals surface area contributed by atoms with Gasteiger partial charge in [-0.05, 0) is 31.2 Å². The highest BCUT2D eigenvalue weighted by Crippen LogP contribution is 2.38. The van der Waals surface area contributed by atoms with Crippen molar-refractivity contribution in [2.75, 3.05) is 12.3 Å². The third kappa shape index (κ3) is 3.94. The van der Waals surface area contributed by atoms with Gasteiger partial charge in [-0.15, -0.1) is 30.3 Å². The van der Waals surface area contributed by atoms with Gasteiger partial charge in [-0.3, -0.25) is 4.90 Å². The summed E-state index contributed by atoms with van der Waals surface area (Å²) >= 11 is 1.60. The summed E-state index contributed by atoms with van der Waals surface area (Å²) in [6, 6.07) is 0.576. The highest BCUT2D eigenvalue weighted by atomic mass is 35.5. The zero-order valence-corrected chi connectivity index (χ0v) is 13.4. The van der Waals surface area contributed by atoms with E-state index in [1.54, 1.807) is 11.3 Å². The Balaban J connectivity index is 0.00000180. The predicted molar refractivity (Wildman–Crippen MR) is 85.8 cm³/mol. The Morgan fingerprint density at radius 2 is 2.37 bits per heavy atom. The lowest BCUT2D eigenvalue weighted by molar-refractivity contribution is 0.0340. The second-order valence-corrected chi connectivity index (χ2v) is 6.91. The SMILES string of the molecule is C=CCC1N(Cc2cnc(N)s2)CCCC1(C)C.Cl. The van der Waals surface area contributed by atoms with Crippen molar-refractivity contribution in [3.05, 3.63) is 23.7 Å². The van der Waals surface area contributed by atoms with Crippen molar-refractivity contribution in [2.45, 2.75) is 45.7 Å². The van der Waals surface area contributed by atoms with E-state index < -0.39 is 0 Å². The van der Waals surface area contributed by atoms with Crippen molar-refractivity contribution in [3.8, 4) is 0 Å². The Bertz CT molecular complexity index is 417. The van der Waals surface area contributed by atoms with Gasteiger partial charge in [-0.25, -0.2) is 4.98 Å². The third-order valence-corrected chi connectivity index (χ3v) is 4.74. The van der Waals surface area contributed by atoms with E-state index in [0.29, 0.717) is 16.6 Å². The van der Waals surface area contributed by atoms with Crippen LogP contribution in [0.25, 0.3) is 0 Å². The smallest absolute Gasteiger partial charge is 0.180 e. The molecule has 0 amide bonds. The fourth-order valence-electron chi connectivity index (χ4n) is 2.97. The van der Waals surface area contributed by atoms with E-state index in [-0.39, 0.29) is 12.4 Å². The minimum absolute atomic E-state index is 0. The van der Waals surface area contributed by atoms with Crippen LogP contribution in [-0.4, -0.2) is 22.5 Å². The quantitative estimate of drug-likeness (QED) is 0.862. The van der Waals surface area contributed by atoms with E-state index in [2.05, 4.69) is 30.3 Å². The molecule has 1 fully saturated rings. The van der Waals surface area contributed by atoms with E-state index in [1.807, 2.05) is 12.3 Å². The number of piperidine rings is 1. The molecule has 2 N–H and O–H groups in total. The molecule has 0 radical (unpaired) electrons. The Kier molecular flexibility index (Phi) is 5.83. The first-order valence-electron chi connectivity index (χ1n) is 6.58. The van der Waals surface area contributed by atoms with E-state index in [9.17, 15) is 0 Å². The molecular weight excluding hydrogens is 278 g/mol. The van der Waals surface area contributed by atoms with Gasteiger partial charge in [0, 0.05) is 23.7 Å². The molecule has 1 aromatic rings. The zero-order valence-electron chi connectivity index (χ0n) is 11.8. The van der Waals surface area contributed by atoms with Crippen LogP contribution in [0.5, 0.6) is 0 Å². The van der Waals surface area contributed by atoms with Crippen LogP contribution in [0.3, 0.4) is 0 Å². The summed E-state index contributed by atoms with van der Waals surface area (Å²) in [5, 5.41) is 0.668. The largest absolute Gasteiger partial charge is 0.375 e. The number of hydrogen-bond donors (Lipinski definition) is 1. The van der Waals surface area contributed by atoms with Gasteiger partial charge in [0.2, 0.25) is 0 Å². The first-order valence-corrected chi connectivity index (χ1v) is 7.40. The average molecular weight is 302 g/mol. The summed E-state index contributed by atoms with van der Waals surface area (Å²) in [6.07, 6.45) is 7.58. The molecule has 2 rings (SSSR count). The minimum Gasteiger partial charge on any atom is -0.375 e. The lowest BCUT2D eigenvalue weighted by atomic mass is 9.75. The third-order valence-electron chi connectivity index (χ3n) is 3.93. The maximum atomic E-state index is 5.70. The van der Waals surface area contributed by atoms with Gasteiger partial charge in [-0.1, -0.05) is 19.9 Å². The number of thiazole rings is 1. The standard InChI is InChI=1S/C14H23N3S.ClH/c1-4-6-12-14(2,3)7-5-8-17(12)10-11-9-16-13(15)18-11;/h4,9,12H,1,5-8,10H2,2-3H3,(H2,15,16);1H. The number of hydrogen-bond acceptors (Lipinski definition) is 4. The summed E-state index contributed by atoms with van der Waals surface area (Å²) < 4.78 is 0. The molecule has 2 heterocycles. The fourth-order valence-corrected chi connectivity index (χ4v) is 3.68.